The van der Waals surface area contributed by atoms with Crippen molar-refractivity contribution in [2.45, 2.75) is 13.8 Å². The van der Waals surface area contributed by atoms with Gasteiger partial charge in [-0.3, -0.25) is 9.59 Å². The molecule has 0 aromatic rings. The maximum Gasteiger partial charge on any atom is 0.342 e. The lowest BCUT2D eigenvalue weighted by Gasteiger charge is -2.17. The first-order chi connectivity index (χ1) is 7.45. The predicted molar refractivity (Wildman–Crippen MR) is 54.4 cm³/mol. The molecule has 0 spiro atoms. The zero-order valence-corrected chi connectivity index (χ0v) is 9.54. The van der Waals surface area contributed by atoms with E-state index in [4.69, 9.17) is 4.74 Å². The summed E-state index contributed by atoms with van der Waals surface area (Å²) in [4.78, 5) is 34.9. The summed E-state index contributed by atoms with van der Waals surface area (Å²) in [5.41, 5.74) is 0.0442. The van der Waals surface area contributed by atoms with Crippen molar-refractivity contribution in [1.29, 1.82) is 0 Å². The average Bonchev–Trinajstić information content (AvgIpc) is 2.27. The highest BCUT2D eigenvalue weighted by atomic mass is 16.5. The van der Waals surface area contributed by atoms with Crippen LogP contribution in [0.2, 0.25) is 0 Å². The Balaban J connectivity index is 3.36. The normalized spacial score (nSPS) is 16.8. The number of ether oxygens (including phenoxy) is 2. The van der Waals surface area contributed by atoms with Crippen molar-refractivity contribution in [2.75, 3.05) is 14.2 Å². The Morgan fingerprint density at radius 2 is 1.56 bits per heavy atom. The van der Waals surface area contributed by atoms with E-state index in [9.17, 15) is 14.4 Å². The molecule has 0 aliphatic heterocycles. The molecule has 5 heteroatoms. The minimum absolute atomic E-state index is 0.0927. The van der Waals surface area contributed by atoms with Crippen molar-refractivity contribution >= 4 is 17.5 Å². The van der Waals surface area contributed by atoms with E-state index in [0.29, 0.717) is 0 Å². The summed E-state index contributed by atoms with van der Waals surface area (Å²) >= 11 is 0. The van der Waals surface area contributed by atoms with Crippen LogP contribution in [0.4, 0.5) is 0 Å². The van der Waals surface area contributed by atoms with E-state index in [-0.39, 0.29) is 28.3 Å². The van der Waals surface area contributed by atoms with E-state index < -0.39 is 11.8 Å². The minimum atomic E-state index is -0.821. The fraction of sp³-hybridized carbons (Fsp3) is 0.364. The summed E-state index contributed by atoms with van der Waals surface area (Å²) in [6.07, 6.45) is 0. The van der Waals surface area contributed by atoms with Crippen molar-refractivity contribution in [1.82, 2.24) is 0 Å². The summed E-state index contributed by atoms with van der Waals surface area (Å²) in [6.45, 7) is 2.90. The summed E-state index contributed by atoms with van der Waals surface area (Å²) in [7, 11) is 2.43. The fourth-order valence-corrected chi connectivity index (χ4v) is 1.55. The molecule has 0 unspecified atom stereocenters. The second kappa shape index (κ2) is 4.30. The second-order valence-electron chi connectivity index (χ2n) is 3.31. The van der Waals surface area contributed by atoms with E-state index in [1.807, 2.05) is 0 Å². The lowest BCUT2D eigenvalue weighted by atomic mass is 9.89. The maximum atomic E-state index is 11.8. The second-order valence-corrected chi connectivity index (χ2v) is 3.31. The quantitative estimate of drug-likeness (QED) is 0.389. The van der Waals surface area contributed by atoms with Crippen LogP contribution in [-0.2, 0) is 23.9 Å². The first kappa shape index (κ1) is 12.2. The van der Waals surface area contributed by atoms with Crippen LogP contribution in [0.25, 0.3) is 0 Å². The van der Waals surface area contributed by atoms with Gasteiger partial charge in [-0.15, -0.1) is 0 Å². The molecule has 86 valence electrons. The SMILES string of the molecule is COC(=O)C1=C(C)C(=O)C(C)=C(OC)C1=O. The average molecular weight is 224 g/mol. The number of ketones is 2. The van der Waals surface area contributed by atoms with Gasteiger partial charge in [-0.05, 0) is 13.8 Å². The monoisotopic (exact) mass is 224 g/mol. The number of methoxy groups -OCH3 is 2. The summed E-state index contributed by atoms with van der Waals surface area (Å²) < 4.78 is 9.29. The highest BCUT2D eigenvalue weighted by Gasteiger charge is 2.35. The van der Waals surface area contributed by atoms with Crippen molar-refractivity contribution in [3.05, 3.63) is 22.5 Å². The Labute approximate surface area is 92.7 Å². The lowest BCUT2D eigenvalue weighted by Crippen LogP contribution is -2.27. The van der Waals surface area contributed by atoms with Gasteiger partial charge in [0.2, 0.25) is 5.78 Å². The number of carbonyl (C=O) groups is 3. The summed E-state index contributed by atoms with van der Waals surface area (Å²) in [5.74, 6) is -1.91. The van der Waals surface area contributed by atoms with Gasteiger partial charge in [0.05, 0.1) is 14.2 Å². The third kappa shape index (κ3) is 1.64. The van der Waals surface area contributed by atoms with Gasteiger partial charge in [0.15, 0.2) is 11.5 Å². The molecule has 0 saturated carbocycles. The van der Waals surface area contributed by atoms with Crippen LogP contribution in [0.15, 0.2) is 22.5 Å². The molecule has 0 saturated heterocycles. The molecule has 0 atom stereocenters. The molecule has 16 heavy (non-hydrogen) atoms. The van der Waals surface area contributed by atoms with Crippen LogP contribution in [0, 0.1) is 0 Å². The predicted octanol–water partition coefficient (Wildman–Crippen LogP) is 0.548. The molecule has 5 nitrogen and oxygen atoms in total. The third-order valence-corrected chi connectivity index (χ3v) is 2.42. The number of allylic oxidation sites excluding steroid dienone is 3. The van der Waals surface area contributed by atoms with Gasteiger partial charge in [0.25, 0.3) is 0 Å². The van der Waals surface area contributed by atoms with E-state index in [2.05, 4.69) is 4.74 Å². The van der Waals surface area contributed by atoms with Crippen LogP contribution in [0.1, 0.15) is 13.8 Å². The summed E-state index contributed by atoms with van der Waals surface area (Å²) in [6, 6.07) is 0. The van der Waals surface area contributed by atoms with Crippen LogP contribution in [-0.4, -0.2) is 31.8 Å². The molecule has 0 bridgehead atoms. The van der Waals surface area contributed by atoms with Gasteiger partial charge in [0.1, 0.15) is 5.57 Å². The first-order valence-corrected chi connectivity index (χ1v) is 4.59. The molecule has 1 rings (SSSR count). The van der Waals surface area contributed by atoms with Crippen LogP contribution >= 0.6 is 0 Å². The number of rotatable bonds is 2. The molecule has 0 N–H and O–H groups in total. The van der Waals surface area contributed by atoms with Gasteiger partial charge in [-0.1, -0.05) is 0 Å². The number of hydrogen-bond acceptors (Lipinski definition) is 5. The largest absolute Gasteiger partial charge is 0.492 e. The highest BCUT2D eigenvalue weighted by Crippen LogP contribution is 2.25. The fourth-order valence-electron chi connectivity index (χ4n) is 1.55. The first-order valence-electron chi connectivity index (χ1n) is 4.59. The molecule has 0 heterocycles. The zero-order chi connectivity index (χ0) is 12.5. The molecule has 1 aliphatic carbocycles. The van der Waals surface area contributed by atoms with Gasteiger partial charge in [-0.2, -0.15) is 0 Å². The van der Waals surface area contributed by atoms with Gasteiger partial charge < -0.3 is 9.47 Å². The zero-order valence-electron chi connectivity index (χ0n) is 9.54. The van der Waals surface area contributed by atoms with Crippen LogP contribution in [0.3, 0.4) is 0 Å². The molecule has 1 aliphatic rings. The number of esters is 1. The maximum absolute atomic E-state index is 11.8. The number of hydrogen-bond donors (Lipinski definition) is 0. The summed E-state index contributed by atoms with van der Waals surface area (Å²) in [5, 5.41) is 0. The molecule has 0 aromatic carbocycles. The highest BCUT2D eigenvalue weighted by molar-refractivity contribution is 6.33. The number of carbonyl (C=O) groups excluding carboxylic acids is 3. The Hall–Kier alpha value is -1.91. The van der Waals surface area contributed by atoms with Crippen molar-refractivity contribution in [2.24, 2.45) is 0 Å². The van der Waals surface area contributed by atoms with Crippen molar-refractivity contribution in [3.63, 3.8) is 0 Å². The standard InChI is InChI=1S/C11H12O5/c1-5-7(11(14)16-4)9(13)10(15-3)6(2)8(5)12/h1-4H3. The molecular weight excluding hydrogens is 212 g/mol. The van der Waals surface area contributed by atoms with E-state index >= 15 is 0 Å². The van der Waals surface area contributed by atoms with Gasteiger partial charge >= 0.3 is 5.97 Å². The smallest absolute Gasteiger partial charge is 0.342 e. The Morgan fingerprint density at radius 3 is 2.00 bits per heavy atom. The van der Waals surface area contributed by atoms with Crippen LogP contribution in [0.5, 0.6) is 0 Å². The molecule has 0 amide bonds. The topological polar surface area (TPSA) is 69.7 Å². The van der Waals surface area contributed by atoms with Gasteiger partial charge in [0, 0.05) is 11.1 Å². The van der Waals surface area contributed by atoms with Gasteiger partial charge in [-0.25, -0.2) is 4.79 Å². The number of Topliss-reactive ketones (excluding diaryl/α,β-unsaturated/α-hetero) is 2. The van der Waals surface area contributed by atoms with E-state index in [1.165, 1.54) is 21.0 Å². The van der Waals surface area contributed by atoms with E-state index in [1.54, 1.807) is 0 Å². The molecular formula is C11H12O5. The van der Waals surface area contributed by atoms with E-state index in [0.717, 1.165) is 7.11 Å². The Kier molecular flexibility index (Phi) is 3.27. The third-order valence-electron chi connectivity index (χ3n) is 2.42. The Bertz CT molecular complexity index is 439. The minimum Gasteiger partial charge on any atom is -0.492 e. The van der Waals surface area contributed by atoms with Crippen LogP contribution < -0.4 is 0 Å². The lowest BCUT2D eigenvalue weighted by molar-refractivity contribution is -0.138. The molecule has 0 radical (unpaired) electrons. The van der Waals surface area contributed by atoms with Crippen molar-refractivity contribution < 1.29 is 23.9 Å². The van der Waals surface area contributed by atoms with Crippen molar-refractivity contribution in [3.8, 4) is 0 Å². The molecule has 0 aromatic heterocycles. The molecule has 0 fully saturated rings. The Morgan fingerprint density at radius 1 is 1.00 bits per heavy atom.